The average molecular weight is 411 g/mol. The Kier molecular flexibility index (Phi) is 8.38. The van der Waals surface area contributed by atoms with Crippen LogP contribution >= 0.6 is 0 Å². The summed E-state index contributed by atoms with van der Waals surface area (Å²) in [5.41, 5.74) is 0.763. The molecule has 0 saturated heterocycles. The molecule has 1 aromatic rings. The first-order chi connectivity index (χ1) is 13.2. The van der Waals surface area contributed by atoms with Gasteiger partial charge in [-0.15, -0.1) is 0 Å². The van der Waals surface area contributed by atoms with Crippen molar-refractivity contribution in [1.82, 2.24) is 0 Å². The summed E-state index contributed by atoms with van der Waals surface area (Å²) in [5, 5.41) is 0. The molecule has 2 rings (SSSR count). The van der Waals surface area contributed by atoms with E-state index in [1.165, 1.54) is 32.1 Å². The third-order valence-corrected chi connectivity index (χ3v) is 5.88. The summed E-state index contributed by atoms with van der Waals surface area (Å²) in [6.07, 6.45) is 13.1. The number of hydrogen-bond acceptors (Lipinski definition) is 4. The molecule has 1 aliphatic rings. The Hall–Kier alpha value is -1.53. The Bertz CT molecular complexity index is 756. The fourth-order valence-corrected chi connectivity index (χ4v) is 4.15. The Morgan fingerprint density at radius 3 is 2.75 bits per heavy atom. The summed E-state index contributed by atoms with van der Waals surface area (Å²) >= 11 is 0. The zero-order valence-corrected chi connectivity index (χ0v) is 18.1. The molecule has 1 N–H and O–H groups in total. The van der Waals surface area contributed by atoms with Gasteiger partial charge in [0.05, 0.1) is 0 Å². The van der Waals surface area contributed by atoms with E-state index in [4.69, 9.17) is 14.0 Å². The number of unbranched alkanes of at least 4 members (excludes halogenated alkanes) is 5. The van der Waals surface area contributed by atoms with Gasteiger partial charge >= 0.3 is 0 Å². The molecule has 0 spiro atoms. The summed E-state index contributed by atoms with van der Waals surface area (Å²) in [6.45, 7) is 5.96. The molecule has 0 aliphatic carbocycles. The molecule has 158 valence electrons. The van der Waals surface area contributed by atoms with Gasteiger partial charge in [-0.3, -0.25) is 4.55 Å². The van der Waals surface area contributed by atoms with Crippen LogP contribution in [0.15, 0.2) is 30.4 Å². The van der Waals surface area contributed by atoms with E-state index in [1.807, 2.05) is 12.1 Å². The minimum atomic E-state index is -4.05. The molecule has 1 heterocycles. The predicted octanol–water partition coefficient (Wildman–Crippen LogP) is 5.34. The van der Waals surface area contributed by atoms with Crippen LogP contribution in [0.25, 0.3) is 0 Å². The average Bonchev–Trinajstić information content (AvgIpc) is 2.59. The molecule has 0 aromatic heterocycles. The maximum absolute atomic E-state index is 11.0. The number of allylic oxidation sites excluding steroid dienone is 1. The van der Waals surface area contributed by atoms with Gasteiger partial charge in [-0.25, -0.2) is 0 Å². The van der Waals surface area contributed by atoms with Crippen molar-refractivity contribution in [3.05, 3.63) is 35.9 Å². The topological polar surface area (TPSA) is 72.8 Å². The van der Waals surface area contributed by atoms with Crippen LogP contribution in [0.4, 0.5) is 0 Å². The Balaban J connectivity index is 1.89. The van der Waals surface area contributed by atoms with Crippen molar-refractivity contribution in [3.63, 3.8) is 0 Å². The van der Waals surface area contributed by atoms with E-state index >= 15 is 0 Å². The Morgan fingerprint density at radius 2 is 2.04 bits per heavy atom. The highest BCUT2D eigenvalue weighted by Gasteiger charge is 2.29. The summed E-state index contributed by atoms with van der Waals surface area (Å²) < 4.78 is 42.7. The summed E-state index contributed by atoms with van der Waals surface area (Å²) in [5.74, 6) is 1.00. The molecule has 2 atom stereocenters. The number of ether oxygens (including phenoxy) is 2. The van der Waals surface area contributed by atoms with Gasteiger partial charge in [0.1, 0.15) is 29.0 Å². The molecule has 0 fully saturated rings. The second kappa shape index (κ2) is 10.3. The van der Waals surface area contributed by atoms with Gasteiger partial charge in [0, 0.05) is 0 Å². The van der Waals surface area contributed by atoms with Crippen molar-refractivity contribution >= 4 is 10.1 Å². The molecule has 1 aliphatic heterocycles. The predicted molar refractivity (Wildman–Crippen MR) is 113 cm³/mol. The molecule has 5 nitrogen and oxygen atoms in total. The van der Waals surface area contributed by atoms with Crippen molar-refractivity contribution in [2.24, 2.45) is 0 Å². The minimum Gasteiger partial charge on any atom is -0.490 e. The molecule has 0 amide bonds. The van der Waals surface area contributed by atoms with Gasteiger partial charge in [0.2, 0.25) is 0 Å². The molecule has 28 heavy (non-hydrogen) atoms. The van der Waals surface area contributed by atoms with Crippen LogP contribution in [-0.2, 0) is 16.5 Å². The molecule has 1 aromatic carbocycles. The van der Waals surface area contributed by atoms with Gasteiger partial charge < -0.3 is 9.47 Å². The lowest BCUT2D eigenvalue weighted by Crippen LogP contribution is -2.34. The van der Waals surface area contributed by atoms with Crippen LogP contribution in [0.3, 0.4) is 0 Å². The highest BCUT2D eigenvalue weighted by atomic mass is 32.2. The summed E-state index contributed by atoms with van der Waals surface area (Å²) in [7, 11) is -4.05. The first kappa shape index (κ1) is 22.8. The molecule has 0 bridgehead atoms. The number of benzene rings is 1. The largest absolute Gasteiger partial charge is 0.490 e. The third kappa shape index (κ3) is 7.84. The van der Waals surface area contributed by atoms with E-state index in [1.54, 1.807) is 13.0 Å². The van der Waals surface area contributed by atoms with Crippen molar-refractivity contribution < 1.29 is 22.4 Å². The van der Waals surface area contributed by atoms with Crippen LogP contribution in [0.5, 0.6) is 11.5 Å². The van der Waals surface area contributed by atoms with Gasteiger partial charge in [-0.2, -0.15) is 8.42 Å². The van der Waals surface area contributed by atoms with Crippen LogP contribution < -0.4 is 9.47 Å². The van der Waals surface area contributed by atoms with Gasteiger partial charge in [0.25, 0.3) is 10.1 Å². The number of hydrogen-bond donors (Lipinski definition) is 1. The fourth-order valence-electron chi connectivity index (χ4n) is 3.49. The van der Waals surface area contributed by atoms with Crippen molar-refractivity contribution in [3.8, 4) is 11.5 Å². The molecule has 6 heteroatoms. The Morgan fingerprint density at radius 1 is 1.29 bits per heavy atom. The van der Waals surface area contributed by atoms with Crippen LogP contribution in [0.2, 0.25) is 0 Å². The third-order valence-electron chi connectivity index (χ3n) is 4.99. The van der Waals surface area contributed by atoms with Crippen molar-refractivity contribution in [1.29, 1.82) is 0 Å². The lowest BCUT2D eigenvalue weighted by atomic mass is 9.91. The lowest BCUT2D eigenvalue weighted by Gasteiger charge is -2.33. The van der Waals surface area contributed by atoms with Crippen molar-refractivity contribution in [2.75, 3.05) is 5.75 Å². The maximum Gasteiger partial charge on any atom is 0.268 e. The first-order valence-corrected chi connectivity index (χ1v) is 11.9. The highest BCUT2D eigenvalue weighted by Crippen LogP contribution is 2.36. The van der Waals surface area contributed by atoms with Gasteiger partial charge in [-0.1, -0.05) is 38.7 Å². The molecular weight excluding hydrogens is 376 g/mol. The second-order valence-corrected chi connectivity index (χ2v) is 9.46. The maximum atomic E-state index is 11.0. The lowest BCUT2D eigenvalue weighted by molar-refractivity contribution is 0.113. The van der Waals surface area contributed by atoms with E-state index in [2.05, 4.69) is 26.0 Å². The van der Waals surface area contributed by atoms with E-state index in [-0.39, 0.29) is 5.60 Å². The monoisotopic (exact) mass is 410 g/mol. The SMILES string of the molecule is CCCCCCCC=CC1(C)CCc2cc(OC(C)CS(=O)(=O)O)ccc2O1. The number of fused-ring (bicyclic) bond motifs is 1. The zero-order valence-electron chi connectivity index (χ0n) is 17.3. The van der Waals surface area contributed by atoms with E-state index < -0.39 is 22.0 Å². The second-order valence-electron chi connectivity index (χ2n) is 7.97. The quantitative estimate of drug-likeness (QED) is 0.303. The normalized spacial score (nSPS) is 20.6. The van der Waals surface area contributed by atoms with Gasteiger partial charge in [0.15, 0.2) is 0 Å². The minimum absolute atomic E-state index is 0.295. The highest BCUT2D eigenvalue weighted by molar-refractivity contribution is 7.85. The van der Waals surface area contributed by atoms with E-state index in [9.17, 15) is 8.42 Å². The Labute approximate surface area is 169 Å². The molecule has 0 saturated carbocycles. The molecule has 0 radical (unpaired) electrons. The van der Waals surface area contributed by atoms with E-state index in [0.29, 0.717) is 5.75 Å². The number of aryl methyl sites for hydroxylation is 1. The number of rotatable bonds is 11. The van der Waals surface area contributed by atoms with Gasteiger partial charge in [-0.05, 0) is 69.4 Å². The van der Waals surface area contributed by atoms with Crippen LogP contribution in [0.1, 0.15) is 71.3 Å². The smallest absolute Gasteiger partial charge is 0.268 e. The standard InChI is InChI=1S/C22H34O5S/c1-4-5-6-7-8-9-10-14-22(3)15-13-19-16-20(11-12-21(19)27-22)26-18(2)17-28(23,24)25/h10-12,14,16,18H,4-9,13,15,17H2,1-3H3,(H,23,24,25). The zero-order chi connectivity index (χ0) is 20.6. The first-order valence-electron chi connectivity index (χ1n) is 10.3. The molecular formula is C22H34O5S. The van der Waals surface area contributed by atoms with Crippen LogP contribution in [0, 0.1) is 0 Å². The van der Waals surface area contributed by atoms with E-state index in [0.717, 1.165) is 30.6 Å². The van der Waals surface area contributed by atoms with Crippen LogP contribution in [-0.4, -0.2) is 30.4 Å². The molecule has 2 unspecified atom stereocenters. The van der Waals surface area contributed by atoms with Crippen molar-refractivity contribution in [2.45, 2.75) is 83.8 Å². The summed E-state index contributed by atoms with van der Waals surface area (Å²) in [4.78, 5) is 0. The fraction of sp³-hybridized carbons (Fsp3) is 0.636. The summed E-state index contributed by atoms with van der Waals surface area (Å²) in [6, 6.07) is 5.55.